The van der Waals surface area contributed by atoms with Gasteiger partial charge in [-0.15, -0.1) is 0 Å². The molecule has 0 radical (unpaired) electrons. The van der Waals surface area contributed by atoms with Crippen molar-refractivity contribution in [1.29, 1.82) is 0 Å². The Morgan fingerprint density at radius 2 is 2.33 bits per heavy atom. The van der Waals surface area contributed by atoms with E-state index in [4.69, 9.17) is 0 Å². The first kappa shape index (κ1) is 8.34. The zero-order valence-corrected chi connectivity index (χ0v) is 8.18. The molecule has 1 saturated carbocycles. The van der Waals surface area contributed by atoms with Gasteiger partial charge >= 0.3 is 0 Å². The first-order chi connectivity index (χ1) is 5.85. The highest BCUT2D eigenvalue weighted by Gasteiger charge is 2.36. The molecule has 0 N–H and O–H groups in total. The molecule has 2 aliphatic rings. The van der Waals surface area contributed by atoms with Crippen molar-refractivity contribution in [3.05, 3.63) is 12.2 Å². The van der Waals surface area contributed by atoms with Crippen molar-refractivity contribution < 1.29 is 0 Å². The molecule has 0 aromatic heterocycles. The van der Waals surface area contributed by atoms with Crippen LogP contribution in [0.5, 0.6) is 0 Å². The van der Waals surface area contributed by atoms with Crippen LogP contribution in [0, 0.1) is 11.3 Å². The fourth-order valence-corrected chi connectivity index (χ4v) is 2.99. The van der Waals surface area contributed by atoms with Gasteiger partial charge in [0, 0.05) is 0 Å². The van der Waals surface area contributed by atoms with E-state index in [9.17, 15) is 0 Å². The van der Waals surface area contributed by atoms with E-state index in [-0.39, 0.29) is 0 Å². The Labute approximate surface area is 76.1 Å². The van der Waals surface area contributed by atoms with Crippen LogP contribution in [0.2, 0.25) is 0 Å². The molecule has 0 amide bonds. The third kappa shape index (κ3) is 1.44. The van der Waals surface area contributed by atoms with Crippen LogP contribution in [0.4, 0.5) is 0 Å². The number of hydrogen-bond acceptors (Lipinski definition) is 0. The molecular weight excluding hydrogens is 144 g/mol. The molecule has 68 valence electrons. The molecule has 0 heteroatoms. The van der Waals surface area contributed by atoms with Crippen LogP contribution in [0.3, 0.4) is 0 Å². The predicted octanol–water partition coefficient (Wildman–Crippen LogP) is 3.92. The predicted molar refractivity (Wildman–Crippen MR) is 53.1 cm³/mol. The molecule has 12 heavy (non-hydrogen) atoms. The van der Waals surface area contributed by atoms with E-state index < -0.39 is 0 Å². The fourth-order valence-electron chi connectivity index (χ4n) is 2.99. The Kier molecular flexibility index (Phi) is 2.25. The Morgan fingerprint density at radius 3 is 2.92 bits per heavy atom. The molecule has 0 bridgehead atoms. The SMILES string of the molecule is CCC1CCC2(C=CCCC2)C1. The van der Waals surface area contributed by atoms with Crippen molar-refractivity contribution >= 4 is 0 Å². The van der Waals surface area contributed by atoms with Crippen molar-refractivity contribution in [2.75, 3.05) is 0 Å². The highest BCUT2D eigenvalue weighted by Crippen LogP contribution is 2.49. The second-order valence-corrected chi connectivity index (χ2v) is 4.67. The van der Waals surface area contributed by atoms with Crippen LogP contribution in [-0.2, 0) is 0 Å². The lowest BCUT2D eigenvalue weighted by Crippen LogP contribution is -2.16. The second-order valence-electron chi connectivity index (χ2n) is 4.67. The minimum absolute atomic E-state index is 0.666. The first-order valence-corrected chi connectivity index (χ1v) is 5.52. The summed E-state index contributed by atoms with van der Waals surface area (Å²) in [4.78, 5) is 0. The minimum atomic E-state index is 0.666. The van der Waals surface area contributed by atoms with E-state index in [1.165, 1.54) is 44.9 Å². The van der Waals surface area contributed by atoms with Crippen LogP contribution in [0.15, 0.2) is 12.2 Å². The molecule has 0 nitrogen and oxygen atoms in total. The van der Waals surface area contributed by atoms with E-state index in [0.717, 1.165) is 5.92 Å². The molecule has 2 rings (SSSR count). The summed E-state index contributed by atoms with van der Waals surface area (Å²) in [5.41, 5.74) is 0.666. The van der Waals surface area contributed by atoms with Crippen LogP contribution >= 0.6 is 0 Å². The number of allylic oxidation sites excluding steroid dienone is 2. The van der Waals surface area contributed by atoms with Crippen LogP contribution in [-0.4, -0.2) is 0 Å². The van der Waals surface area contributed by atoms with Gasteiger partial charge in [0.25, 0.3) is 0 Å². The molecule has 0 heterocycles. The summed E-state index contributed by atoms with van der Waals surface area (Å²) in [6, 6.07) is 0. The van der Waals surface area contributed by atoms with Crippen LogP contribution in [0.1, 0.15) is 51.9 Å². The minimum Gasteiger partial charge on any atom is -0.0880 e. The molecule has 0 aromatic rings. The fraction of sp³-hybridized carbons (Fsp3) is 0.833. The molecule has 2 aliphatic carbocycles. The van der Waals surface area contributed by atoms with Gasteiger partial charge in [-0.2, -0.15) is 0 Å². The van der Waals surface area contributed by atoms with Gasteiger partial charge in [-0.1, -0.05) is 25.5 Å². The van der Waals surface area contributed by atoms with E-state index in [1.807, 2.05) is 0 Å². The van der Waals surface area contributed by atoms with Crippen LogP contribution < -0.4 is 0 Å². The quantitative estimate of drug-likeness (QED) is 0.515. The van der Waals surface area contributed by atoms with E-state index in [0.29, 0.717) is 5.41 Å². The van der Waals surface area contributed by atoms with Gasteiger partial charge in [0.15, 0.2) is 0 Å². The summed E-state index contributed by atoms with van der Waals surface area (Å²) < 4.78 is 0. The Bertz CT molecular complexity index is 180. The van der Waals surface area contributed by atoms with E-state index >= 15 is 0 Å². The second kappa shape index (κ2) is 3.24. The molecule has 0 saturated heterocycles. The summed E-state index contributed by atoms with van der Waals surface area (Å²) in [7, 11) is 0. The molecular formula is C12H20. The van der Waals surface area contributed by atoms with Gasteiger partial charge in [-0.3, -0.25) is 0 Å². The Morgan fingerprint density at radius 1 is 1.42 bits per heavy atom. The lowest BCUT2D eigenvalue weighted by molar-refractivity contribution is 0.322. The average Bonchev–Trinajstić information content (AvgIpc) is 2.50. The summed E-state index contributed by atoms with van der Waals surface area (Å²) in [5.74, 6) is 1.03. The average molecular weight is 164 g/mol. The molecule has 1 spiro atoms. The third-order valence-corrected chi connectivity index (χ3v) is 3.84. The zero-order valence-electron chi connectivity index (χ0n) is 8.18. The van der Waals surface area contributed by atoms with Crippen molar-refractivity contribution in [3.63, 3.8) is 0 Å². The van der Waals surface area contributed by atoms with Crippen LogP contribution in [0.25, 0.3) is 0 Å². The van der Waals surface area contributed by atoms with Crippen molar-refractivity contribution in [3.8, 4) is 0 Å². The highest BCUT2D eigenvalue weighted by atomic mass is 14.4. The molecule has 2 atom stereocenters. The number of rotatable bonds is 1. The topological polar surface area (TPSA) is 0 Å². The first-order valence-electron chi connectivity index (χ1n) is 5.52. The maximum atomic E-state index is 2.53. The smallest absolute Gasteiger partial charge is 0.0115 e. The summed E-state index contributed by atoms with van der Waals surface area (Å²) in [5, 5.41) is 0. The van der Waals surface area contributed by atoms with Gasteiger partial charge in [0.05, 0.1) is 0 Å². The summed E-state index contributed by atoms with van der Waals surface area (Å²) in [6.45, 7) is 2.34. The summed E-state index contributed by atoms with van der Waals surface area (Å²) in [6.07, 6.45) is 15.0. The lowest BCUT2D eigenvalue weighted by atomic mass is 9.77. The Balaban J connectivity index is 2.03. The van der Waals surface area contributed by atoms with Crippen molar-refractivity contribution in [2.45, 2.75) is 51.9 Å². The largest absolute Gasteiger partial charge is 0.0880 e. The Hall–Kier alpha value is -0.260. The molecule has 0 aromatic carbocycles. The van der Waals surface area contributed by atoms with Gasteiger partial charge in [-0.05, 0) is 49.9 Å². The standard InChI is InChI=1S/C12H20/c1-2-11-6-9-12(10-11)7-4-3-5-8-12/h4,7,11H,2-3,5-6,8-10H2,1H3. The van der Waals surface area contributed by atoms with Gasteiger partial charge < -0.3 is 0 Å². The van der Waals surface area contributed by atoms with Crippen molar-refractivity contribution in [2.24, 2.45) is 11.3 Å². The maximum Gasteiger partial charge on any atom is -0.0115 e. The monoisotopic (exact) mass is 164 g/mol. The van der Waals surface area contributed by atoms with Crippen molar-refractivity contribution in [1.82, 2.24) is 0 Å². The molecule has 2 unspecified atom stereocenters. The third-order valence-electron chi connectivity index (χ3n) is 3.84. The van der Waals surface area contributed by atoms with E-state index in [2.05, 4.69) is 19.1 Å². The normalized spacial score (nSPS) is 40.9. The number of hydrogen-bond donors (Lipinski definition) is 0. The molecule has 0 aliphatic heterocycles. The van der Waals surface area contributed by atoms with E-state index in [1.54, 1.807) is 0 Å². The highest BCUT2D eigenvalue weighted by molar-refractivity contribution is 5.06. The van der Waals surface area contributed by atoms with Gasteiger partial charge in [0.1, 0.15) is 0 Å². The zero-order chi connectivity index (χ0) is 8.44. The van der Waals surface area contributed by atoms with Gasteiger partial charge in [-0.25, -0.2) is 0 Å². The lowest BCUT2D eigenvalue weighted by Gasteiger charge is -2.28. The molecule has 1 fully saturated rings. The van der Waals surface area contributed by atoms with Gasteiger partial charge in [0.2, 0.25) is 0 Å². The maximum absolute atomic E-state index is 2.53. The summed E-state index contributed by atoms with van der Waals surface area (Å²) >= 11 is 0.